The maximum atomic E-state index is 13.1. The van der Waals surface area contributed by atoms with E-state index in [1.54, 1.807) is 9.25 Å². The molecule has 1 fully saturated rings. The predicted molar refractivity (Wildman–Crippen MR) is 115 cm³/mol. The zero-order valence-corrected chi connectivity index (χ0v) is 16.8. The molecule has 1 N–H and O–H groups in total. The Labute approximate surface area is 171 Å². The van der Waals surface area contributed by atoms with E-state index in [0.717, 1.165) is 50.3 Å². The summed E-state index contributed by atoms with van der Waals surface area (Å²) in [7, 11) is 0. The van der Waals surface area contributed by atoms with Gasteiger partial charge in [0.05, 0.1) is 5.69 Å². The maximum absolute atomic E-state index is 13.1. The number of para-hydroxylation sites is 1. The second-order valence-corrected chi connectivity index (χ2v) is 7.17. The Morgan fingerprint density at radius 3 is 2.43 bits per heavy atom. The fraction of sp³-hybridized carbons (Fsp3) is 0.364. The molecule has 4 rings (SSSR count). The molecule has 3 aromatic rings. The molecule has 1 aliphatic rings. The highest BCUT2D eigenvalue weighted by molar-refractivity contribution is 5.85. The quantitative estimate of drug-likeness (QED) is 0.690. The number of hydrogen-bond acceptors (Lipinski definition) is 3. The van der Waals surface area contributed by atoms with Crippen LogP contribution in [0.3, 0.4) is 0 Å². The third-order valence-electron chi connectivity index (χ3n) is 5.22. The van der Waals surface area contributed by atoms with Crippen molar-refractivity contribution in [2.75, 3.05) is 13.1 Å². The number of hydrogen-bond donors (Lipinski definition) is 1. The van der Waals surface area contributed by atoms with Crippen LogP contribution in [-0.2, 0) is 13.0 Å². The second kappa shape index (κ2) is 9.71. The van der Waals surface area contributed by atoms with E-state index in [2.05, 4.69) is 29.6 Å². The highest BCUT2D eigenvalue weighted by Crippen LogP contribution is 2.23. The van der Waals surface area contributed by atoms with Gasteiger partial charge in [-0.2, -0.15) is 5.10 Å². The lowest BCUT2D eigenvalue weighted by Gasteiger charge is -2.22. The van der Waals surface area contributed by atoms with E-state index in [9.17, 15) is 4.79 Å². The minimum absolute atomic E-state index is 0. The summed E-state index contributed by atoms with van der Waals surface area (Å²) >= 11 is 0. The molecule has 1 aromatic heterocycles. The number of aromatic nitrogens is 3. The average Bonchev–Trinajstić information content (AvgIpc) is 3.06. The fourth-order valence-electron chi connectivity index (χ4n) is 3.80. The molecule has 2 aromatic carbocycles. The van der Waals surface area contributed by atoms with Crippen LogP contribution in [-0.4, -0.2) is 27.4 Å². The number of halogens is 1. The van der Waals surface area contributed by atoms with E-state index in [1.807, 2.05) is 36.4 Å². The summed E-state index contributed by atoms with van der Waals surface area (Å²) in [6.07, 6.45) is 4.04. The van der Waals surface area contributed by atoms with Gasteiger partial charge in [-0.1, -0.05) is 48.5 Å². The zero-order valence-electron chi connectivity index (χ0n) is 16.0. The maximum Gasteiger partial charge on any atom is 0.350 e. The van der Waals surface area contributed by atoms with Gasteiger partial charge in [-0.3, -0.25) is 0 Å². The molecule has 1 aliphatic heterocycles. The van der Waals surface area contributed by atoms with Gasteiger partial charge in [-0.05, 0) is 49.9 Å². The van der Waals surface area contributed by atoms with Crippen molar-refractivity contribution in [3.05, 3.63) is 82.5 Å². The third-order valence-corrected chi connectivity index (χ3v) is 5.22. The van der Waals surface area contributed by atoms with Crippen LogP contribution in [0.5, 0.6) is 0 Å². The SMILES string of the molecule is Cl.O=c1n(CCCc2ccccc2)nc(C2CCCNC2)n1-c1ccccc1. The summed E-state index contributed by atoms with van der Waals surface area (Å²) in [6, 6.07) is 20.3. The average molecular weight is 399 g/mol. The number of nitrogens with zero attached hydrogens (tertiary/aromatic N) is 3. The summed E-state index contributed by atoms with van der Waals surface area (Å²) < 4.78 is 3.46. The predicted octanol–water partition coefficient (Wildman–Crippen LogP) is 3.56. The van der Waals surface area contributed by atoms with Gasteiger partial charge in [0.1, 0.15) is 5.82 Å². The van der Waals surface area contributed by atoms with Crippen LogP contribution in [0.25, 0.3) is 5.69 Å². The smallest absolute Gasteiger partial charge is 0.316 e. The van der Waals surface area contributed by atoms with Gasteiger partial charge in [0.25, 0.3) is 0 Å². The van der Waals surface area contributed by atoms with Crippen LogP contribution >= 0.6 is 12.4 Å². The van der Waals surface area contributed by atoms with Crippen molar-refractivity contribution < 1.29 is 0 Å². The van der Waals surface area contributed by atoms with Crippen LogP contribution in [0.15, 0.2) is 65.5 Å². The van der Waals surface area contributed by atoms with E-state index in [4.69, 9.17) is 5.10 Å². The third kappa shape index (κ3) is 4.54. The van der Waals surface area contributed by atoms with Gasteiger partial charge in [0, 0.05) is 19.0 Å². The number of piperidine rings is 1. The van der Waals surface area contributed by atoms with Gasteiger partial charge >= 0.3 is 5.69 Å². The largest absolute Gasteiger partial charge is 0.350 e. The van der Waals surface area contributed by atoms with E-state index in [1.165, 1.54) is 5.56 Å². The van der Waals surface area contributed by atoms with Gasteiger partial charge in [-0.15, -0.1) is 12.4 Å². The lowest BCUT2D eigenvalue weighted by Crippen LogP contribution is -2.31. The number of nitrogens with one attached hydrogen (secondary N) is 1. The molecule has 0 spiro atoms. The first-order chi connectivity index (χ1) is 13.3. The van der Waals surface area contributed by atoms with Gasteiger partial charge in [-0.25, -0.2) is 14.0 Å². The Kier molecular flexibility index (Phi) is 7.06. The summed E-state index contributed by atoms with van der Waals surface area (Å²) in [4.78, 5) is 13.1. The normalized spacial score (nSPS) is 16.5. The molecule has 5 nitrogen and oxygen atoms in total. The van der Waals surface area contributed by atoms with Crippen LogP contribution in [0.2, 0.25) is 0 Å². The van der Waals surface area contributed by atoms with Crippen molar-refractivity contribution >= 4 is 12.4 Å². The molecule has 6 heteroatoms. The van der Waals surface area contributed by atoms with Crippen molar-refractivity contribution in [1.82, 2.24) is 19.7 Å². The molecule has 2 heterocycles. The van der Waals surface area contributed by atoms with Crippen LogP contribution < -0.4 is 11.0 Å². The standard InChI is InChI=1S/C22H26N4O.ClH/c27-22-25(16-8-11-18-9-3-1-4-10-18)24-21(19-12-7-15-23-17-19)26(22)20-13-5-2-6-14-20;/h1-6,9-10,13-14,19,23H,7-8,11-12,15-17H2;1H. The molecule has 28 heavy (non-hydrogen) atoms. The molecule has 148 valence electrons. The van der Waals surface area contributed by atoms with Gasteiger partial charge < -0.3 is 5.32 Å². The summed E-state index contributed by atoms with van der Waals surface area (Å²) in [5.74, 6) is 1.17. The molecule has 0 aliphatic carbocycles. The molecule has 0 saturated carbocycles. The first-order valence-electron chi connectivity index (χ1n) is 9.83. The van der Waals surface area contributed by atoms with Crippen molar-refractivity contribution in [2.24, 2.45) is 0 Å². The van der Waals surface area contributed by atoms with E-state index >= 15 is 0 Å². The fourth-order valence-corrected chi connectivity index (χ4v) is 3.80. The Morgan fingerprint density at radius 2 is 1.75 bits per heavy atom. The number of aryl methyl sites for hydroxylation is 2. The molecule has 1 saturated heterocycles. The molecule has 1 atom stereocenters. The molecule has 1 unspecified atom stereocenters. The summed E-state index contributed by atoms with van der Waals surface area (Å²) in [5.41, 5.74) is 2.16. The van der Waals surface area contributed by atoms with Crippen molar-refractivity contribution in [3.63, 3.8) is 0 Å². The summed E-state index contributed by atoms with van der Waals surface area (Å²) in [6.45, 7) is 2.57. The monoisotopic (exact) mass is 398 g/mol. The van der Waals surface area contributed by atoms with E-state index in [0.29, 0.717) is 6.54 Å². The Morgan fingerprint density at radius 1 is 1.04 bits per heavy atom. The minimum atomic E-state index is -0.0326. The zero-order chi connectivity index (χ0) is 18.5. The highest BCUT2D eigenvalue weighted by atomic mass is 35.5. The molecule has 0 radical (unpaired) electrons. The van der Waals surface area contributed by atoms with E-state index in [-0.39, 0.29) is 24.0 Å². The molecular weight excluding hydrogens is 372 g/mol. The van der Waals surface area contributed by atoms with Gasteiger partial charge in [0.2, 0.25) is 0 Å². The molecule has 0 amide bonds. The van der Waals surface area contributed by atoms with Crippen molar-refractivity contribution in [1.29, 1.82) is 0 Å². The first kappa shape index (κ1) is 20.4. The van der Waals surface area contributed by atoms with Crippen LogP contribution in [0, 0.1) is 0 Å². The van der Waals surface area contributed by atoms with Crippen molar-refractivity contribution in [2.45, 2.75) is 38.1 Å². The summed E-state index contributed by atoms with van der Waals surface area (Å²) in [5, 5.41) is 8.21. The molecular formula is C22H27ClN4O. The van der Waals surface area contributed by atoms with Gasteiger partial charge in [0.15, 0.2) is 0 Å². The Bertz CT molecular complexity index is 915. The topological polar surface area (TPSA) is 51.9 Å². The first-order valence-corrected chi connectivity index (χ1v) is 9.83. The van der Waals surface area contributed by atoms with Crippen molar-refractivity contribution in [3.8, 4) is 5.69 Å². The lowest BCUT2D eigenvalue weighted by molar-refractivity contribution is 0.438. The number of benzene rings is 2. The van der Waals surface area contributed by atoms with E-state index < -0.39 is 0 Å². The minimum Gasteiger partial charge on any atom is -0.316 e. The van der Waals surface area contributed by atoms with Crippen LogP contribution in [0.1, 0.15) is 36.6 Å². The molecule has 0 bridgehead atoms. The highest BCUT2D eigenvalue weighted by Gasteiger charge is 2.24. The Hall–Kier alpha value is -2.37. The number of rotatable bonds is 6. The lowest BCUT2D eigenvalue weighted by atomic mass is 9.99. The second-order valence-electron chi connectivity index (χ2n) is 7.17. The Balaban J connectivity index is 0.00000225. The van der Waals surface area contributed by atoms with Crippen LogP contribution in [0.4, 0.5) is 0 Å².